The number of imidazole rings is 1. The molecule has 2 amide bonds. The summed E-state index contributed by atoms with van der Waals surface area (Å²) in [6, 6.07) is 9.52. The summed E-state index contributed by atoms with van der Waals surface area (Å²) in [6.45, 7) is 1.59. The van der Waals surface area contributed by atoms with Gasteiger partial charge in [0.15, 0.2) is 0 Å². The van der Waals surface area contributed by atoms with E-state index in [4.69, 9.17) is 0 Å². The number of pyridine rings is 1. The van der Waals surface area contributed by atoms with Gasteiger partial charge in [-0.3, -0.25) is 9.59 Å². The fourth-order valence-electron chi connectivity index (χ4n) is 3.33. The molecular weight excluding hydrogens is 348 g/mol. The highest BCUT2D eigenvalue weighted by Crippen LogP contribution is 2.20. The van der Waals surface area contributed by atoms with Crippen LogP contribution in [-0.2, 0) is 11.3 Å². The molecule has 1 aliphatic heterocycles. The standard InChI is InChI=1S/C19H20N4O2S/c24-18(20-11-15-13-22-8-2-1-7-17(22)21-15)14-5-3-9-23(12-14)19(25)16-6-4-10-26-16/h1-2,4,6-8,10,13-14H,3,5,9,11-12H2,(H,20,24)/t14-/m0/s1. The number of carbonyl (C=O) groups is 2. The van der Waals surface area contributed by atoms with Gasteiger partial charge in [0, 0.05) is 25.5 Å². The molecule has 1 aliphatic rings. The molecule has 0 aromatic carbocycles. The Morgan fingerprint density at radius 2 is 2.19 bits per heavy atom. The molecule has 1 atom stereocenters. The monoisotopic (exact) mass is 368 g/mol. The zero-order valence-corrected chi connectivity index (χ0v) is 15.1. The third-order valence-corrected chi connectivity index (χ3v) is 5.53. The molecule has 0 saturated carbocycles. The Hall–Kier alpha value is -2.67. The largest absolute Gasteiger partial charge is 0.350 e. The van der Waals surface area contributed by atoms with Crippen LogP contribution in [0.3, 0.4) is 0 Å². The molecule has 0 spiro atoms. The van der Waals surface area contributed by atoms with Crippen molar-refractivity contribution in [2.45, 2.75) is 19.4 Å². The zero-order valence-electron chi connectivity index (χ0n) is 14.3. The van der Waals surface area contributed by atoms with E-state index in [9.17, 15) is 9.59 Å². The Morgan fingerprint density at radius 1 is 1.27 bits per heavy atom. The summed E-state index contributed by atoms with van der Waals surface area (Å²) < 4.78 is 1.93. The molecule has 1 fully saturated rings. The SMILES string of the molecule is O=C(NCc1cn2ccccc2n1)[C@H]1CCCN(C(=O)c2cccs2)C1. The number of hydrogen-bond donors (Lipinski definition) is 1. The number of nitrogens with zero attached hydrogens (tertiary/aromatic N) is 3. The maximum atomic E-state index is 12.6. The van der Waals surface area contributed by atoms with Gasteiger partial charge in [-0.1, -0.05) is 12.1 Å². The number of piperidine rings is 1. The van der Waals surface area contributed by atoms with E-state index in [1.54, 1.807) is 4.90 Å². The van der Waals surface area contributed by atoms with Gasteiger partial charge in [0.2, 0.25) is 5.91 Å². The lowest BCUT2D eigenvalue weighted by molar-refractivity contribution is -0.126. The first-order valence-electron chi connectivity index (χ1n) is 8.74. The van der Waals surface area contributed by atoms with Crippen molar-refractivity contribution in [2.75, 3.05) is 13.1 Å². The van der Waals surface area contributed by atoms with Crippen molar-refractivity contribution in [3.05, 3.63) is 58.7 Å². The van der Waals surface area contributed by atoms with Crippen LogP contribution < -0.4 is 5.32 Å². The molecule has 134 valence electrons. The molecule has 3 aromatic rings. The van der Waals surface area contributed by atoms with E-state index in [2.05, 4.69) is 10.3 Å². The lowest BCUT2D eigenvalue weighted by Crippen LogP contribution is -2.45. The topological polar surface area (TPSA) is 66.7 Å². The van der Waals surface area contributed by atoms with Crippen LogP contribution in [0, 0.1) is 5.92 Å². The molecule has 0 radical (unpaired) electrons. The molecule has 3 aromatic heterocycles. The van der Waals surface area contributed by atoms with Crippen molar-refractivity contribution >= 4 is 28.8 Å². The molecule has 0 aliphatic carbocycles. The first kappa shape index (κ1) is 16.8. The fraction of sp³-hybridized carbons (Fsp3) is 0.316. The maximum Gasteiger partial charge on any atom is 0.263 e. The molecule has 1 N–H and O–H groups in total. The van der Waals surface area contributed by atoms with Crippen LogP contribution in [0.25, 0.3) is 5.65 Å². The number of carbonyl (C=O) groups excluding carboxylic acids is 2. The van der Waals surface area contributed by atoms with Gasteiger partial charge >= 0.3 is 0 Å². The quantitative estimate of drug-likeness (QED) is 0.770. The van der Waals surface area contributed by atoms with Gasteiger partial charge in [0.25, 0.3) is 5.91 Å². The van der Waals surface area contributed by atoms with E-state index < -0.39 is 0 Å². The second-order valence-corrected chi connectivity index (χ2v) is 7.43. The average Bonchev–Trinajstić information content (AvgIpc) is 3.35. The average molecular weight is 368 g/mol. The molecule has 26 heavy (non-hydrogen) atoms. The van der Waals surface area contributed by atoms with Gasteiger partial charge in [0.1, 0.15) is 5.65 Å². The normalized spacial score (nSPS) is 17.4. The molecule has 4 rings (SSSR count). The van der Waals surface area contributed by atoms with E-state index >= 15 is 0 Å². The van der Waals surface area contributed by atoms with Crippen molar-refractivity contribution in [2.24, 2.45) is 5.92 Å². The predicted molar refractivity (Wildman–Crippen MR) is 100.0 cm³/mol. The summed E-state index contributed by atoms with van der Waals surface area (Å²) >= 11 is 1.44. The summed E-state index contributed by atoms with van der Waals surface area (Å²) in [4.78, 5) is 32.1. The number of amides is 2. The first-order chi connectivity index (χ1) is 12.7. The van der Waals surface area contributed by atoms with Crippen LogP contribution in [0.5, 0.6) is 0 Å². The molecular formula is C19H20N4O2S. The number of likely N-dealkylation sites (tertiary alicyclic amines) is 1. The Bertz CT molecular complexity index is 886. The van der Waals surface area contributed by atoms with E-state index in [0.29, 0.717) is 19.6 Å². The van der Waals surface area contributed by atoms with Crippen LogP contribution in [0.1, 0.15) is 28.2 Å². The highest BCUT2D eigenvalue weighted by molar-refractivity contribution is 7.12. The van der Waals surface area contributed by atoms with Gasteiger partial charge in [-0.2, -0.15) is 0 Å². The number of aromatic nitrogens is 2. The molecule has 0 unspecified atom stereocenters. The summed E-state index contributed by atoms with van der Waals surface area (Å²) in [6.07, 6.45) is 5.51. The summed E-state index contributed by atoms with van der Waals surface area (Å²) in [5, 5.41) is 4.87. The summed E-state index contributed by atoms with van der Waals surface area (Å²) in [5.74, 6) is -0.145. The Morgan fingerprint density at radius 3 is 3.00 bits per heavy atom. The van der Waals surface area contributed by atoms with E-state index in [0.717, 1.165) is 29.1 Å². The minimum atomic E-state index is -0.162. The molecule has 4 heterocycles. The molecule has 6 nitrogen and oxygen atoms in total. The van der Waals surface area contributed by atoms with Gasteiger partial charge in [0.05, 0.1) is 23.0 Å². The first-order valence-corrected chi connectivity index (χ1v) is 9.62. The van der Waals surface area contributed by atoms with Crippen molar-refractivity contribution in [1.29, 1.82) is 0 Å². The predicted octanol–water partition coefficient (Wildman–Crippen LogP) is 2.56. The number of nitrogens with one attached hydrogen (secondary N) is 1. The lowest BCUT2D eigenvalue weighted by Gasteiger charge is -2.31. The van der Waals surface area contributed by atoms with Gasteiger partial charge in [-0.05, 0) is 36.4 Å². The molecule has 1 saturated heterocycles. The van der Waals surface area contributed by atoms with E-state index in [1.807, 2.05) is 52.5 Å². The third-order valence-electron chi connectivity index (χ3n) is 4.67. The Balaban J connectivity index is 1.36. The lowest BCUT2D eigenvalue weighted by atomic mass is 9.97. The van der Waals surface area contributed by atoms with Crippen LogP contribution >= 0.6 is 11.3 Å². The summed E-state index contributed by atoms with van der Waals surface area (Å²) in [7, 11) is 0. The van der Waals surface area contributed by atoms with Crippen molar-refractivity contribution in [3.63, 3.8) is 0 Å². The van der Waals surface area contributed by atoms with Gasteiger partial charge in [-0.25, -0.2) is 4.98 Å². The second kappa shape index (κ2) is 7.29. The van der Waals surface area contributed by atoms with Crippen LogP contribution in [0.2, 0.25) is 0 Å². The van der Waals surface area contributed by atoms with E-state index in [1.165, 1.54) is 11.3 Å². The Labute approximate surface area is 155 Å². The van der Waals surface area contributed by atoms with Crippen molar-refractivity contribution < 1.29 is 9.59 Å². The van der Waals surface area contributed by atoms with Gasteiger partial charge < -0.3 is 14.6 Å². The van der Waals surface area contributed by atoms with Crippen LogP contribution in [0.15, 0.2) is 48.1 Å². The third kappa shape index (κ3) is 3.48. The van der Waals surface area contributed by atoms with E-state index in [-0.39, 0.29) is 17.7 Å². The minimum Gasteiger partial charge on any atom is -0.350 e. The molecule has 7 heteroatoms. The highest BCUT2D eigenvalue weighted by atomic mass is 32.1. The minimum absolute atomic E-state index is 0.00858. The van der Waals surface area contributed by atoms with Crippen molar-refractivity contribution in [3.8, 4) is 0 Å². The van der Waals surface area contributed by atoms with Gasteiger partial charge in [-0.15, -0.1) is 11.3 Å². The number of rotatable bonds is 4. The molecule has 0 bridgehead atoms. The summed E-state index contributed by atoms with van der Waals surface area (Å²) in [5.41, 5.74) is 1.69. The number of thiophene rings is 1. The highest BCUT2D eigenvalue weighted by Gasteiger charge is 2.29. The fourth-order valence-corrected chi connectivity index (χ4v) is 4.02. The maximum absolute atomic E-state index is 12.6. The Kier molecular flexibility index (Phi) is 4.71. The van der Waals surface area contributed by atoms with Crippen molar-refractivity contribution in [1.82, 2.24) is 19.6 Å². The van der Waals surface area contributed by atoms with Crippen LogP contribution in [0.4, 0.5) is 0 Å². The number of hydrogen-bond acceptors (Lipinski definition) is 4. The second-order valence-electron chi connectivity index (χ2n) is 6.48. The number of fused-ring (bicyclic) bond motifs is 1. The smallest absolute Gasteiger partial charge is 0.263 e. The zero-order chi connectivity index (χ0) is 17.9. The van der Waals surface area contributed by atoms with Crippen LogP contribution in [-0.4, -0.2) is 39.2 Å².